The zero-order valence-electron chi connectivity index (χ0n) is 14.0. The van der Waals surface area contributed by atoms with Gasteiger partial charge in [0.1, 0.15) is 0 Å². The van der Waals surface area contributed by atoms with E-state index in [1.807, 2.05) is 66.2 Å². The van der Waals surface area contributed by atoms with Gasteiger partial charge in [-0.25, -0.2) is 9.67 Å². The number of hydrogen-bond donors (Lipinski definition) is 1. The van der Waals surface area contributed by atoms with Crippen molar-refractivity contribution >= 4 is 38.6 Å². The van der Waals surface area contributed by atoms with Crippen LogP contribution in [-0.4, -0.2) is 20.7 Å². The molecule has 0 fully saturated rings. The predicted octanol–water partition coefficient (Wildman–Crippen LogP) is 4.74. The molecule has 1 amide bonds. The molecule has 1 N–H and O–H groups in total. The summed E-state index contributed by atoms with van der Waals surface area (Å²) in [6, 6.07) is 19.1. The van der Waals surface area contributed by atoms with Crippen LogP contribution < -0.4 is 5.32 Å². The third-order valence-electron chi connectivity index (χ3n) is 4.08. The molecule has 6 heteroatoms. The molecule has 0 saturated carbocycles. The first-order valence-corrected chi connectivity index (χ1v) is 8.89. The molecule has 4 aromatic rings. The number of nitrogens with one attached hydrogen (secondary N) is 1. The number of para-hydroxylation sites is 1. The Bertz CT molecular complexity index is 1110. The molecule has 0 aliphatic rings. The lowest BCUT2D eigenvalue weighted by atomic mass is 10.2. The summed E-state index contributed by atoms with van der Waals surface area (Å²) in [5.41, 5.74) is 3.77. The summed E-state index contributed by atoms with van der Waals surface area (Å²) >= 11 is 3.40. The Morgan fingerprint density at radius 2 is 1.81 bits per heavy atom. The maximum atomic E-state index is 12.5. The smallest absolute Gasteiger partial charge is 0.256 e. The normalized spacial score (nSPS) is 10.8. The second-order valence-electron chi connectivity index (χ2n) is 5.86. The van der Waals surface area contributed by atoms with Crippen molar-refractivity contribution < 1.29 is 4.79 Å². The quantitative estimate of drug-likeness (QED) is 0.534. The second-order valence-corrected chi connectivity index (χ2v) is 6.72. The van der Waals surface area contributed by atoms with Crippen LogP contribution in [0, 0.1) is 6.92 Å². The van der Waals surface area contributed by atoms with E-state index in [1.165, 1.54) is 0 Å². The molecule has 0 atom stereocenters. The largest absolute Gasteiger partial charge is 0.321 e. The van der Waals surface area contributed by atoms with E-state index in [9.17, 15) is 4.79 Å². The Labute approximate surface area is 158 Å². The highest BCUT2D eigenvalue weighted by atomic mass is 79.9. The molecule has 0 aliphatic heterocycles. The minimum absolute atomic E-state index is 0.188. The number of nitrogens with zero attached hydrogens (tertiary/aromatic N) is 3. The Morgan fingerprint density at radius 3 is 2.58 bits per heavy atom. The van der Waals surface area contributed by atoms with Gasteiger partial charge in [0.05, 0.1) is 28.8 Å². The molecule has 26 heavy (non-hydrogen) atoms. The van der Waals surface area contributed by atoms with E-state index in [4.69, 9.17) is 0 Å². The van der Waals surface area contributed by atoms with Crippen LogP contribution in [0.3, 0.4) is 0 Å². The Kier molecular flexibility index (Phi) is 4.26. The van der Waals surface area contributed by atoms with E-state index < -0.39 is 0 Å². The number of anilines is 1. The van der Waals surface area contributed by atoms with Crippen LogP contribution in [0.25, 0.3) is 16.7 Å². The van der Waals surface area contributed by atoms with Crippen LogP contribution >= 0.6 is 15.9 Å². The number of benzene rings is 2. The van der Waals surface area contributed by atoms with Crippen molar-refractivity contribution in [2.45, 2.75) is 6.92 Å². The van der Waals surface area contributed by atoms with Gasteiger partial charge in [0.2, 0.25) is 0 Å². The number of amides is 1. The Hall–Kier alpha value is -2.99. The molecule has 2 heterocycles. The summed E-state index contributed by atoms with van der Waals surface area (Å²) in [5, 5.41) is 8.39. The van der Waals surface area contributed by atoms with Gasteiger partial charge in [-0.3, -0.25) is 4.79 Å². The number of aromatic nitrogens is 3. The van der Waals surface area contributed by atoms with Crippen molar-refractivity contribution in [3.05, 3.63) is 82.6 Å². The second kappa shape index (κ2) is 6.72. The number of halogens is 1. The lowest BCUT2D eigenvalue weighted by Crippen LogP contribution is -2.12. The van der Waals surface area contributed by atoms with E-state index in [-0.39, 0.29) is 5.91 Å². The molecule has 5 nitrogen and oxygen atoms in total. The van der Waals surface area contributed by atoms with Crippen LogP contribution in [0.5, 0.6) is 0 Å². The molecular formula is C20H15BrN4O. The van der Waals surface area contributed by atoms with Gasteiger partial charge in [-0.05, 0) is 53.2 Å². The maximum Gasteiger partial charge on any atom is 0.256 e. The third kappa shape index (κ3) is 2.99. The number of carbonyl (C=O) groups excluding carboxylic acids is 1. The number of carbonyl (C=O) groups is 1. The van der Waals surface area contributed by atoms with Gasteiger partial charge < -0.3 is 5.32 Å². The zero-order valence-corrected chi connectivity index (χ0v) is 15.6. The van der Waals surface area contributed by atoms with E-state index in [0.29, 0.717) is 11.3 Å². The van der Waals surface area contributed by atoms with E-state index >= 15 is 0 Å². The number of pyridine rings is 1. The van der Waals surface area contributed by atoms with Crippen molar-refractivity contribution in [1.82, 2.24) is 14.8 Å². The number of rotatable bonds is 3. The monoisotopic (exact) mass is 406 g/mol. The van der Waals surface area contributed by atoms with E-state index in [0.717, 1.165) is 26.9 Å². The minimum Gasteiger partial charge on any atom is -0.321 e. The molecule has 2 aromatic carbocycles. The fraction of sp³-hybridized carbons (Fsp3) is 0.0500. The van der Waals surface area contributed by atoms with Gasteiger partial charge in [-0.15, -0.1) is 0 Å². The molecule has 4 rings (SSSR count). The maximum absolute atomic E-state index is 12.5. The Balaban J connectivity index is 1.70. The van der Waals surface area contributed by atoms with Gasteiger partial charge >= 0.3 is 0 Å². The summed E-state index contributed by atoms with van der Waals surface area (Å²) in [7, 11) is 0. The standard InChI is InChI=1S/C20H15BrN4O/c1-13-17-11-14(23-20(26)16-9-5-6-10-18(16)21)12-22-19(17)25(24-13)15-7-3-2-4-8-15/h2-12H,1H3,(H,23,26). The predicted molar refractivity (Wildman–Crippen MR) is 106 cm³/mol. The lowest BCUT2D eigenvalue weighted by molar-refractivity contribution is 0.102. The van der Waals surface area contributed by atoms with Crippen molar-refractivity contribution in [2.24, 2.45) is 0 Å². The summed E-state index contributed by atoms with van der Waals surface area (Å²) in [4.78, 5) is 17.0. The van der Waals surface area contributed by atoms with E-state index in [2.05, 4.69) is 31.3 Å². The number of hydrogen-bond acceptors (Lipinski definition) is 3. The summed E-state index contributed by atoms with van der Waals surface area (Å²) in [6.07, 6.45) is 1.65. The molecule has 2 aromatic heterocycles. The van der Waals surface area contributed by atoms with Gasteiger partial charge in [0.15, 0.2) is 5.65 Å². The molecule has 0 saturated heterocycles. The topological polar surface area (TPSA) is 59.8 Å². The first-order valence-electron chi connectivity index (χ1n) is 8.10. The highest BCUT2D eigenvalue weighted by molar-refractivity contribution is 9.10. The van der Waals surface area contributed by atoms with Gasteiger partial charge in [0, 0.05) is 9.86 Å². The van der Waals surface area contributed by atoms with Crippen molar-refractivity contribution in [1.29, 1.82) is 0 Å². The lowest BCUT2D eigenvalue weighted by Gasteiger charge is -2.07. The average molecular weight is 407 g/mol. The highest BCUT2D eigenvalue weighted by Gasteiger charge is 2.13. The SMILES string of the molecule is Cc1nn(-c2ccccc2)c2ncc(NC(=O)c3ccccc3Br)cc12. The fourth-order valence-corrected chi connectivity index (χ4v) is 3.27. The van der Waals surface area contributed by atoms with Crippen LogP contribution in [0.15, 0.2) is 71.3 Å². The minimum atomic E-state index is -0.188. The van der Waals surface area contributed by atoms with Crippen molar-refractivity contribution in [3.63, 3.8) is 0 Å². The van der Waals surface area contributed by atoms with Crippen LogP contribution in [0.1, 0.15) is 16.1 Å². The molecule has 0 aliphatic carbocycles. The van der Waals surface area contributed by atoms with Gasteiger partial charge in [-0.1, -0.05) is 30.3 Å². The van der Waals surface area contributed by atoms with Crippen molar-refractivity contribution in [3.8, 4) is 5.69 Å². The first-order chi connectivity index (χ1) is 12.6. The van der Waals surface area contributed by atoms with Gasteiger partial charge in [0.25, 0.3) is 5.91 Å². The molecule has 128 valence electrons. The van der Waals surface area contributed by atoms with Crippen molar-refractivity contribution in [2.75, 3.05) is 5.32 Å². The zero-order chi connectivity index (χ0) is 18.1. The summed E-state index contributed by atoms with van der Waals surface area (Å²) < 4.78 is 2.56. The van der Waals surface area contributed by atoms with E-state index in [1.54, 1.807) is 12.3 Å². The molecule has 0 unspecified atom stereocenters. The number of fused-ring (bicyclic) bond motifs is 1. The third-order valence-corrected chi connectivity index (χ3v) is 4.78. The first kappa shape index (κ1) is 16.5. The summed E-state index contributed by atoms with van der Waals surface area (Å²) in [6.45, 7) is 1.93. The molecular weight excluding hydrogens is 392 g/mol. The molecule has 0 bridgehead atoms. The van der Waals surface area contributed by atoms with Crippen LogP contribution in [0.2, 0.25) is 0 Å². The van der Waals surface area contributed by atoms with Crippen LogP contribution in [-0.2, 0) is 0 Å². The molecule has 0 radical (unpaired) electrons. The summed E-state index contributed by atoms with van der Waals surface area (Å²) in [5.74, 6) is -0.188. The number of aryl methyl sites for hydroxylation is 1. The van der Waals surface area contributed by atoms with Crippen LogP contribution in [0.4, 0.5) is 5.69 Å². The highest BCUT2D eigenvalue weighted by Crippen LogP contribution is 2.24. The Morgan fingerprint density at radius 1 is 1.08 bits per heavy atom. The fourth-order valence-electron chi connectivity index (χ4n) is 2.81. The molecule has 0 spiro atoms. The average Bonchev–Trinajstić information content (AvgIpc) is 2.99. The van der Waals surface area contributed by atoms with Gasteiger partial charge in [-0.2, -0.15) is 5.10 Å².